The predicted molar refractivity (Wildman–Crippen MR) is 65.6 cm³/mol. The Kier molecular flexibility index (Phi) is 2.95. The molecule has 1 heterocycles. The molecule has 16 heavy (non-hydrogen) atoms. The summed E-state index contributed by atoms with van der Waals surface area (Å²) in [7, 11) is 1.84. The second-order valence-corrected chi connectivity index (χ2v) is 3.97. The number of carbonyl (C=O) groups is 1. The summed E-state index contributed by atoms with van der Waals surface area (Å²) in [6.07, 6.45) is 2.84. The Morgan fingerprint density at radius 3 is 2.94 bits per heavy atom. The molecule has 1 N–H and O–H groups in total. The van der Waals surface area contributed by atoms with E-state index in [1.54, 1.807) is 4.90 Å². The molecule has 1 amide bonds. The van der Waals surface area contributed by atoms with Gasteiger partial charge in [0, 0.05) is 36.3 Å². The number of aromatic amines is 1. The summed E-state index contributed by atoms with van der Waals surface area (Å²) in [4.78, 5) is 17.0. The van der Waals surface area contributed by atoms with Gasteiger partial charge in [-0.15, -0.1) is 0 Å². The van der Waals surface area contributed by atoms with Crippen LogP contribution in [0.3, 0.4) is 0 Å². The Morgan fingerprint density at radius 1 is 1.38 bits per heavy atom. The minimum Gasteiger partial charge on any atom is -0.361 e. The molecular weight excluding hydrogens is 200 g/mol. The van der Waals surface area contributed by atoms with Gasteiger partial charge < -0.3 is 9.88 Å². The first-order valence-electron chi connectivity index (χ1n) is 5.55. The van der Waals surface area contributed by atoms with Crippen LogP contribution in [-0.2, 0) is 0 Å². The molecule has 84 valence electrons. The van der Waals surface area contributed by atoms with Crippen molar-refractivity contribution >= 4 is 16.8 Å². The van der Waals surface area contributed by atoms with Crippen molar-refractivity contribution in [2.45, 2.75) is 13.3 Å². The highest BCUT2D eigenvalue weighted by atomic mass is 16.2. The van der Waals surface area contributed by atoms with E-state index in [0.717, 1.165) is 29.4 Å². The number of rotatable bonds is 3. The second kappa shape index (κ2) is 4.39. The van der Waals surface area contributed by atoms with Crippen LogP contribution in [0.5, 0.6) is 0 Å². The maximum absolute atomic E-state index is 12.2. The lowest BCUT2D eigenvalue weighted by Crippen LogP contribution is -2.27. The van der Waals surface area contributed by atoms with E-state index >= 15 is 0 Å². The van der Waals surface area contributed by atoms with E-state index in [9.17, 15) is 4.79 Å². The molecule has 0 spiro atoms. The van der Waals surface area contributed by atoms with Crippen molar-refractivity contribution in [1.29, 1.82) is 0 Å². The van der Waals surface area contributed by atoms with E-state index in [-0.39, 0.29) is 5.91 Å². The van der Waals surface area contributed by atoms with E-state index in [4.69, 9.17) is 0 Å². The maximum Gasteiger partial charge on any atom is 0.254 e. The Labute approximate surface area is 95.1 Å². The monoisotopic (exact) mass is 216 g/mol. The van der Waals surface area contributed by atoms with E-state index in [2.05, 4.69) is 11.9 Å². The molecule has 0 radical (unpaired) electrons. The van der Waals surface area contributed by atoms with Gasteiger partial charge in [-0.3, -0.25) is 4.79 Å². The fourth-order valence-electron chi connectivity index (χ4n) is 1.91. The molecule has 0 fully saturated rings. The maximum atomic E-state index is 12.2. The predicted octanol–water partition coefficient (Wildman–Crippen LogP) is 2.65. The van der Waals surface area contributed by atoms with Crippen molar-refractivity contribution in [2.75, 3.05) is 13.6 Å². The standard InChI is InChI=1S/C13H16N2O/c1-3-9-15(2)13(16)11-5-4-6-12-10(11)7-8-14-12/h4-8,14H,3,9H2,1-2H3. The summed E-state index contributed by atoms with van der Waals surface area (Å²) < 4.78 is 0. The Hall–Kier alpha value is -1.77. The van der Waals surface area contributed by atoms with Crippen molar-refractivity contribution in [3.8, 4) is 0 Å². The van der Waals surface area contributed by atoms with Crippen LogP contribution >= 0.6 is 0 Å². The van der Waals surface area contributed by atoms with Gasteiger partial charge in [-0.1, -0.05) is 13.0 Å². The molecule has 2 rings (SSSR count). The number of nitrogens with zero attached hydrogens (tertiary/aromatic N) is 1. The van der Waals surface area contributed by atoms with Crippen molar-refractivity contribution in [2.24, 2.45) is 0 Å². The molecule has 0 atom stereocenters. The van der Waals surface area contributed by atoms with Gasteiger partial charge in [-0.2, -0.15) is 0 Å². The molecule has 0 aliphatic rings. The third-order valence-electron chi connectivity index (χ3n) is 2.73. The summed E-state index contributed by atoms with van der Waals surface area (Å²) >= 11 is 0. The van der Waals surface area contributed by atoms with Crippen LogP contribution in [-0.4, -0.2) is 29.4 Å². The van der Waals surface area contributed by atoms with Gasteiger partial charge in [-0.25, -0.2) is 0 Å². The third kappa shape index (κ3) is 1.81. The first kappa shape index (κ1) is 10.7. The number of aromatic nitrogens is 1. The number of hydrogen-bond donors (Lipinski definition) is 1. The molecule has 0 bridgehead atoms. The van der Waals surface area contributed by atoms with Gasteiger partial charge in [0.25, 0.3) is 5.91 Å². The normalized spacial score (nSPS) is 10.6. The first-order chi connectivity index (χ1) is 7.74. The number of H-pyrrole nitrogens is 1. The van der Waals surface area contributed by atoms with Crippen LogP contribution in [0.25, 0.3) is 10.9 Å². The summed E-state index contributed by atoms with van der Waals surface area (Å²) in [5.41, 5.74) is 1.78. The van der Waals surface area contributed by atoms with Gasteiger partial charge in [0.05, 0.1) is 0 Å². The van der Waals surface area contributed by atoms with E-state index in [1.807, 2.05) is 37.5 Å². The van der Waals surface area contributed by atoms with Crippen LogP contribution < -0.4 is 0 Å². The van der Waals surface area contributed by atoms with Crippen LogP contribution in [0.1, 0.15) is 23.7 Å². The van der Waals surface area contributed by atoms with Crippen LogP contribution in [0.4, 0.5) is 0 Å². The smallest absolute Gasteiger partial charge is 0.254 e. The van der Waals surface area contributed by atoms with Crippen molar-refractivity contribution in [3.63, 3.8) is 0 Å². The van der Waals surface area contributed by atoms with Crippen molar-refractivity contribution in [3.05, 3.63) is 36.0 Å². The summed E-state index contributed by atoms with van der Waals surface area (Å²) in [6, 6.07) is 7.71. The molecule has 0 aliphatic heterocycles. The van der Waals surface area contributed by atoms with Crippen LogP contribution in [0.2, 0.25) is 0 Å². The number of carbonyl (C=O) groups excluding carboxylic acids is 1. The molecule has 0 aliphatic carbocycles. The van der Waals surface area contributed by atoms with E-state index in [0.29, 0.717) is 0 Å². The number of fused-ring (bicyclic) bond motifs is 1. The number of nitrogens with one attached hydrogen (secondary N) is 1. The SMILES string of the molecule is CCCN(C)C(=O)c1cccc2[nH]ccc12. The zero-order chi connectivity index (χ0) is 11.5. The lowest BCUT2D eigenvalue weighted by atomic mass is 10.1. The molecule has 3 nitrogen and oxygen atoms in total. The lowest BCUT2D eigenvalue weighted by Gasteiger charge is -2.16. The quantitative estimate of drug-likeness (QED) is 0.841. The number of amides is 1. The second-order valence-electron chi connectivity index (χ2n) is 3.97. The number of hydrogen-bond acceptors (Lipinski definition) is 1. The van der Waals surface area contributed by atoms with Gasteiger partial charge in [0.15, 0.2) is 0 Å². The number of benzene rings is 1. The molecule has 0 saturated carbocycles. The average molecular weight is 216 g/mol. The molecule has 1 aromatic heterocycles. The summed E-state index contributed by atoms with van der Waals surface area (Å²) in [6.45, 7) is 2.86. The third-order valence-corrected chi connectivity index (χ3v) is 2.73. The van der Waals surface area contributed by atoms with E-state index in [1.165, 1.54) is 0 Å². The molecular formula is C13H16N2O. The molecule has 0 saturated heterocycles. The first-order valence-corrected chi connectivity index (χ1v) is 5.55. The van der Waals surface area contributed by atoms with Crippen LogP contribution in [0, 0.1) is 0 Å². The fraction of sp³-hybridized carbons (Fsp3) is 0.308. The van der Waals surface area contributed by atoms with Gasteiger partial charge >= 0.3 is 0 Å². The topological polar surface area (TPSA) is 36.1 Å². The Morgan fingerprint density at radius 2 is 2.19 bits per heavy atom. The highest BCUT2D eigenvalue weighted by Gasteiger charge is 2.13. The van der Waals surface area contributed by atoms with Gasteiger partial charge in [0.2, 0.25) is 0 Å². The summed E-state index contributed by atoms with van der Waals surface area (Å²) in [5, 5.41) is 0.996. The largest absolute Gasteiger partial charge is 0.361 e. The van der Waals surface area contributed by atoms with Gasteiger partial charge in [0.1, 0.15) is 0 Å². The molecule has 0 unspecified atom stereocenters. The minimum absolute atomic E-state index is 0.0899. The zero-order valence-electron chi connectivity index (χ0n) is 9.66. The highest BCUT2D eigenvalue weighted by molar-refractivity contribution is 6.06. The van der Waals surface area contributed by atoms with Gasteiger partial charge in [-0.05, 0) is 24.6 Å². The zero-order valence-corrected chi connectivity index (χ0v) is 9.66. The molecule has 2 aromatic rings. The molecule has 3 heteroatoms. The average Bonchev–Trinajstić information content (AvgIpc) is 2.76. The minimum atomic E-state index is 0.0899. The van der Waals surface area contributed by atoms with Crippen LogP contribution in [0.15, 0.2) is 30.5 Å². The highest BCUT2D eigenvalue weighted by Crippen LogP contribution is 2.18. The van der Waals surface area contributed by atoms with Crippen molar-refractivity contribution < 1.29 is 4.79 Å². The lowest BCUT2D eigenvalue weighted by molar-refractivity contribution is 0.0797. The Bertz CT molecular complexity index is 501. The van der Waals surface area contributed by atoms with Crippen molar-refractivity contribution in [1.82, 2.24) is 9.88 Å². The van der Waals surface area contributed by atoms with E-state index < -0.39 is 0 Å². The summed E-state index contributed by atoms with van der Waals surface area (Å²) in [5.74, 6) is 0.0899. The molecule has 1 aromatic carbocycles. The fourth-order valence-corrected chi connectivity index (χ4v) is 1.91. The Balaban J connectivity index is 2.39.